The maximum Gasteiger partial charge on any atom is 0.180 e. The second kappa shape index (κ2) is 10.3. The zero-order valence-electron chi connectivity index (χ0n) is 15.6. The number of halogens is 4. The van der Waals surface area contributed by atoms with Gasteiger partial charge in [-0.05, 0) is 48.9 Å². The van der Waals surface area contributed by atoms with Gasteiger partial charge in [-0.15, -0.1) is 0 Å². The third-order valence-corrected chi connectivity index (χ3v) is 5.31. The maximum atomic E-state index is 6.50. The van der Waals surface area contributed by atoms with E-state index in [2.05, 4.69) is 5.32 Å². The minimum Gasteiger partial charge on any atom is -0.490 e. The monoisotopic (exact) mass is 469 g/mol. The predicted molar refractivity (Wildman–Crippen MR) is 122 cm³/mol. The third kappa shape index (κ3) is 5.86. The van der Waals surface area contributed by atoms with Gasteiger partial charge in [-0.3, -0.25) is 0 Å². The molecule has 3 aromatic rings. The van der Waals surface area contributed by atoms with Crippen LogP contribution in [0.5, 0.6) is 11.5 Å². The van der Waals surface area contributed by atoms with E-state index in [-0.39, 0.29) is 6.61 Å². The predicted octanol–water partition coefficient (Wildman–Crippen LogP) is 7.89. The lowest BCUT2D eigenvalue weighted by atomic mass is 10.2. The van der Waals surface area contributed by atoms with E-state index < -0.39 is 0 Å². The summed E-state index contributed by atoms with van der Waals surface area (Å²) in [5.74, 6) is 1.04. The molecule has 0 saturated heterocycles. The van der Waals surface area contributed by atoms with Crippen molar-refractivity contribution in [2.45, 2.75) is 20.1 Å². The summed E-state index contributed by atoms with van der Waals surface area (Å²) in [6, 6.07) is 16.6. The molecule has 3 nitrogen and oxygen atoms in total. The Labute approximate surface area is 190 Å². The number of rotatable bonds is 8. The Kier molecular flexibility index (Phi) is 7.79. The topological polar surface area (TPSA) is 30.5 Å². The van der Waals surface area contributed by atoms with E-state index in [0.29, 0.717) is 44.7 Å². The van der Waals surface area contributed by atoms with E-state index in [1.54, 1.807) is 12.1 Å². The molecule has 0 bridgehead atoms. The van der Waals surface area contributed by atoms with Gasteiger partial charge in [0.2, 0.25) is 0 Å². The molecule has 3 rings (SSSR count). The zero-order chi connectivity index (χ0) is 20.8. The van der Waals surface area contributed by atoms with E-state index in [0.717, 1.165) is 16.8 Å². The first-order valence-electron chi connectivity index (χ1n) is 8.98. The first-order valence-corrected chi connectivity index (χ1v) is 10.5. The molecule has 0 spiro atoms. The largest absolute Gasteiger partial charge is 0.490 e. The molecule has 0 unspecified atom stereocenters. The van der Waals surface area contributed by atoms with Crippen LogP contribution in [0.15, 0.2) is 54.6 Å². The zero-order valence-corrected chi connectivity index (χ0v) is 18.7. The van der Waals surface area contributed by atoms with Gasteiger partial charge in [-0.2, -0.15) is 0 Å². The number of benzene rings is 3. The second-order valence-corrected chi connectivity index (χ2v) is 7.85. The Morgan fingerprint density at radius 3 is 2.34 bits per heavy atom. The van der Waals surface area contributed by atoms with Crippen LogP contribution in [0, 0.1) is 0 Å². The van der Waals surface area contributed by atoms with Gasteiger partial charge >= 0.3 is 0 Å². The molecule has 0 amide bonds. The van der Waals surface area contributed by atoms with E-state index in [4.69, 9.17) is 55.9 Å². The number of para-hydroxylation sites is 1. The summed E-state index contributed by atoms with van der Waals surface area (Å²) in [5, 5.41) is 5.52. The minimum atomic E-state index is 0.243. The molecule has 1 N–H and O–H groups in total. The molecule has 0 aromatic heterocycles. The Balaban J connectivity index is 1.77. The molecule has 29 heavy (non-hydrogen) atoms. The average molecular weight is 471 g/mol. The summed E-state index contributed by atoms with van der Waals surface area (Å²) in [6.07, 6.45) is 0. The first-order chi connectivity index (χ1) is 14.0. The average Bonchev–Trinajstić information content (AvgIpc) is 2.68. The van der Waals surface area contributed by atoms with Gasteiger partial charge in [0.1, 0.15) is 6.61 Å². The molecule has 0 heterocycles. The SMILES string of the molecule is CCOc1cc(CNc2ccccc2Cl)cc(Cl)c1OCc1ccc(Cl)cc1Cl. The van der Waals surface area contributed by atoms with Crippen molar-refractivity contribution in [3.8, 4) is 11.5 Å². The van der Waals surface area contributed by atoms with Gasteiger partial charge < -0.3 is 14.8 Å². The molecule has 0 aliphatic rings. The van der Waals surface area contributed by atoms with Crippen LogP contribution >= 0.6 is 46.4 Å². The molecule has 0 fully saturated rings. The summed E-state index contributed by atoms with van der Waals surface area (Å²) in [4.78, 5) is 0. The van der Waals surface area contributed by atoms with Crippen LogP contribution in [0.25, 0.3) is 0 Å². The summed E-state index contributed by atoms with van der Waals surface area (Å²) in [7, 11) is 0. The van der Waals surface area contributed by atoms with Crippen molar-refractivity contribution in [1.29, 1.82) is 0 Å². The highest BCUT2D eigenvalue weighted by molar-refractivity contribution is 6.35. The first kappa shape index (κ1) is 21.9. The smallest absolute Gasteiger partial charge is 0.180 e. The fourth-order valence-electron chi connectivity index (χ4n) is 2.72. The highest BCUT2D eigenvalue weighted by Gasteiger charge is 2.14. The van der Waals surface area contributed by atoms with Gasteiger partial charge in [0.05, 0.1) is 22.3 Å². The highest BCUT2D eigenvalue weighted by atomic mass is 35.5. The Morgan fingerprint density at radius 2 is 1.62 bits per heavy atom. The van der Waals surface area contributed by atoms with Crippen molar-refractivity contribution in [3.63, 3.8) is 0 Å². The van der Waals surface area contributed by atoms with Crippen LogP contribution in [-0.2, 0) is 13.2 Å². The standard InChI is InChI=1S/C22H19Cl4NO2/c1-2-28-21-10-14(12-27-20-6-4-3-5-17(20)24)9-19(26)22(21)29-13-15-7-8-16(23)11-18(15)25/h3-11,27H,2,12-13H2,1H3. The van der Waals surface area contributed by atoms with Crippen molar-refractivity contribution < 1.29 is 9.47 Å². The lowest BCUT2D eigenvalue weighted by molar-refractivity contribution is 0.269. The van der Waals surface area contributed by atoms with Gasteiger partial charge in [0, 0.05) is 22.2 Å². The van der Waals surface area contributed by atoms with Crippen molar-refractivity contribution in [3.05, 3.63) is 85.8 Å². The lowest BCUT2D eigenvalue weighted by Gasteiger charge is -2.16. The Bertz CT molecular complexity index is 995. The number of ether oxygens (including phenoxy) is 2. The van der Waals surface area contributed by atoms with Gasteiger partial charge in [-0.1, -0.05) is 64.6 Å². The van der Waals surface area contributed by atoms with Crippen LogP contribution in [-0.4, -0.2) is 6.61 Å². The van der Waals surface area contributed by atoms with Crippen molar-refractivity contribution in [2.75, 3.05) is 11.9 Å². The lowest BCUT2D eigenvalue weighted by Crippen LogP contribution is -2.04. The van der Waals surface area contributed by atoms with Crippen molar-refractivity contribution in [2.24, 2.45) is 0 Å². The molecule has 0 atom stereocenters. The van der Waals surface area contributed by atoms with Crippen molar-refractivity contribution >= 4 is 52.1 Å². The Hall–Kier alpha value is -1.78. The van der Waals surface area contributed by atoms with E-state index in [1.165, 1.54) is 0 Å². The van der Waals surface area contributed by atoms with Crippen LogP contribution in [0.1, 0.15) is 18.1 Å². The molecular formula is C22H19Cl4NO2. The summed E-state index contributed by atoms with van der Waals surface area (Å²) < 4.78 is 11.7. The molecule has 152 valence electrons. The fraction of sp³-hybridized carbons (Fsp3) is 0.182. The molecular weight excluding hydrogens is 452 g/mol. The van der Waals surface area contributed by atoms with Crippen LogP contribution in [0.2, 0.25) is 20.1 Å². The van der Waals surface area contributed by atoms with Crippen molar-refractivity contribution in [1.82, 2.24) is 0 Å². The molecule has 0 aliphatic carbocycles. The summed E-state index contributed by atoms with van der Waals surface area (Å²) in [5.41, 5.74) is 2.59. The molecule has 3 aromatic carbocycles. The number of anilines is 1. The van der Waals surface area contributed by atoms with Gasteiger partial charge in [-0.25, -0.2) is 0 Å². The maximum absolute atomic E-state index is 6.50. The summed E-state index contributed by atoms with van der Waals surface area (Å²) >= 11 is 24.9. The number of hydrogen-bond donors (Lipinski definition) is 1. The van der Waals surface area contributed by atoms with Crippen LogP contribution < -0.4 is 14.8 Å². The van der Waals surface area contributed by atoms with E-state index >= 15 is 0 Å². The van der Waals surface area contributed by atoms with Crippen LogP contribution in [0.4, 0.5) is 5.69 Å². The third-order valence-electron chi connectivity index (χ3n) is 4.11. The summed E-state index contributed by atoms with van der Waals surface area (Å²) in [6.45, 7) is 3.16. The normalized spacial score (nSPS) is 10.7. The minimum absolute atomic E-state index is 0.243. The molecule has 0 aliphatic heterocycles. The Morgan fingerprint density at radius 1 is 0.828 bits per heavy atom. The van der Waals surface area contributed by atoms with Gasteiger partial charge in [0.15, 0.2) is 11.5 Å². The van der Waals surface area contributed by atoms with E-state index in [1.807, 2.05) is 49.4 Å². The highest BCUT2D eigenvalue weighted by Crippen LogP contribution is 2.38. The molecule has 0 radical (unpaired) electrons. The molecule has 7 heteroatoms. The number of nitrogens with one attached hydrogen (secondary N) is 1. The van der Waals surface area contributed by atoms with E-state index in [9.17, 15) is 0 Å². The second-order valence-electron chi connectivity index (χ2n) is 6.20. The quantitative estimate of drug-likeness (QED) is 0.363. The van der Waals surface area contributed by atoms with Gasteiger partial charge in [0.25, 0.3) is 0 Å². The van der Waals surface area contributed by atoms with Crippen LogP contribution in [0.3, 0.4) is 0 Å². The molecule has 0 saturated carbocycles. The fourth-order valence-corrected chi connectivity index (χ4v) is 3.67. The number of hydrogen-bond acceptors (Lipinski definition) is 3.